The smallest absolute Gasteiger partial charge is 0.211 e. The predicted octanol–water partition coefficient (Wildman–Crippen LogP) is 1.50. The molecule has 0 saturated carbocycles. The van der Waals surface area contributed by atoms with Crippen LogP contribution >= 0.6 is 0 Å². The van der Waals surface area contributed by atoms with Gasteiger partial charge in [-0.05, 0) is 17.5 Å². The molecule has 0 aromatic heterocycles. The fourth-order valence-corrected chi connectivity index (χ4v) is 3.75. The summed E-state index contributed by atoms with van der Waals surface area (Å²) in [5.41, 5.74) is 2.06. The Morgan fingerprint density at radius 3 is 2.32 bits per heavy atom. The average Bonchev–Trinajstić information content (AvgIpc) is 2.76. The highest BCUT2D eigenvalue weighted by Crippen LogP contribution is 2.32. The molecule has 2 rings (SSSR count). The lowest BCUT2D eigenvalue weighted by Gasteiger charge is -2.27. The summed E-state index contributed by atoms with van der Waals surface area (Å²) in [5, 5.41) is 0. The van der Waals surface area contributed by atoms with E-state index in [0.29, 0.717) is 13.0 Å². The topological polar surface area (TPSA) is 55.4 Å². The van der Waals surface area contributed by atoms with Gasteiger partial charge < -0.3 is 4.74 Å². The van der Waals surface area contributed by atoms with Crippen LogP contribution in [0.15, 0.2) is 24.3 Å². The Bertz CT molecular complexity index is 514. The van der Waals surface area contributed by atoms with Gasteiger partial charge in [-0.3, -0.25) is 0 Å². The molecule has 106 valence electrons. The lowest BCUT2D eigenvalue weighted by atomic mass is 10.0. The van der Waals surface area contributed by atoms with Crippen molar-refractivity contribution >= 4 is 10.0 Å². The van der Waals surface area contributed by atoms with Crippen molar-refractivity contribution < 1.29 is 13.2 Å². The number of hydrogen-bond acceptors (Lipinski definition) is 3. The molecule has 1 aromatic rings. The van der Waals surface area contributed by atoms with Gasteiger partial charge in [0.1, 0.15) is 0 Å². The summed E-state index contributed by atoms with van der Waals surface area (Å²) in [6.07, 6.45) is 2.14. The Balaban J connectivity index is 2.07. The highest BCUT2D eigenvalue weighted by atomic mass is 32.2. The fraction of sp³-hybridized carbons (Fsp3) is 0.571. The summed E-state index contributed by atoms with van der Waals surface area (Å²) in [6, 6.07) is 8.17. The molecule has 1 aliphatic carbocycles. The molecule has 0 radical (unpaired) electrons. The lowest BCUT2D eigenvalue weighted by Crippen LogP contribution is -2.45. The van der Waals surface area contributed by atoms with Crippen molar-refractivity contribution in [3.63, 3.8) is 0 Å². The Morgan fingerprint density at radius 1 is 1.26 bits per heavy atom. The SMILES string of the molecule is CCCS(=O)(=O)NCC1(OC)Cc2ccccc2C1. The molecule has 0 spiro atoms. The number of fused-ring (bicyclic) bond motifs is 1. The second-order valence-electron chi connectivity index (χ2n) is 5.15. The van der Waals surface area contributed by atoms with Crippen molar-refractivity contribution in [1.82, 2.24) is 4.72 Å². The van der Waals surface area contributed by atoms with Crippen molar-refractivity contribution in [3.05, 3.63) is 35.4 Å². The van der Waals surface area contributed by atoms with E-state index in [9.17, 15) is 8.42 Å². The van der Waals surface area contributed by atoms with Crippen molar-refractivity contribution in [2.24, 2.45) is 0 Å². The highest BCUT2D eigenvalue weighted by Gasteiger charge is 2.37. The van der Waals surface area contributed by atoms with Crippen molar-refractivity contribution in [1.29, 1.82) is 0 Å². The lowest BCUT2D eigenvalue weighted by molar-refractivity contribution is 0.00378. The van der Waals surface area contributed by atoms with Gasteiger partial charge in [-0.1, -0.05) is 31.2 Å². The number of ether oxygens (including phenoxy) is 1. The summed E-state index contributed by atoms with van der Waals surface area (Å²) >= 11 is 0. The third-order valence-corrected chi connectivity index (χ3v) is 5.19. The third-order valence-electron chi connectivity index (χ3n) is 3.66. The molecule has 0 atom stereocenters. The minimum atomic E-state index is -3.18. The maximum atomic E-state index is 11.8. The molecule has 4 nitrogen and oxygen atoms in total. The van der Waals surface area contributed by atoms with Crippen LogP contribution in [-0.2, 0) is 27.6 Å². The number of methoxy groups -OCH3 is 1. The van der Waals surface area contributed by atoms with Crippen LogP contribution < -0.4 is 4.72 Å². The molecular formula is C14H21NO3S. The second-order valence-corrected chi connectivity index (χ2v) is 7.08. The van der Waals surface area contributed by atoms with E-state index < -0.39 is 15.6 Å². The number of benzene rings is 1. The number of rotatable bonds is 6. The van der Waals surface area contributed by atoms with E-state index >= 15 is 0 Å². The van der Waals surface area contributed by atoms with E-state index in [0.717, 1.165) is 12.8 Å². The quantitative estimate of drug-likeness (QED) is 0.861. The van der Waals surface area contributed by atoms with Crippen LogP contribution in [0.3, 0.4) is 0 Å². The molecule has 0 unspecified atom stereocenters. The molecule has 0 saturated heterocycles. The van der Waals surface area contributed by atoms with Crippen LogP contribution in [0, 0.1) is 0 Å². The minimum absolute atomic E-state index is 0.166. The molecule has 19 heavy (non-hydrogen) atoms. The van der Waals surface area contributed by atoms with Crippen LogP contribution in [0.2, 0.25) is 0 Å². The first-order chi connectivity index (χ1) is 9.00. The largest absolute Gasteiger partial charge is 0.376 e. The zero-order chi connectivity index (χ0) is 13.9. The third kappa shape index (κ3) is 3.35. The standard InChI is InChI=1S/C14H21NO3S/c1-3-8-19(16,17)15-11-14(18-2)9-12-6-4-5-7-13(12)10-14/h4-7,15H,3,8-11H2,1-2H3. The monoisotopic (exact) mass is 283 g/mol. The molecule has 0 fully saturated rings. The maximum absolute atomic E-state index is 11.8. The molecule has 1 aliphatic rings. The van der Waals surface area contributed by atoms with E-state index in [1.807, 2.05) is 19.1 Å². The normalized spacial score (nSPS) is 17.4. The van der Waals surface area contributed by atoms with Gasteiger partial charge in [0.15, 0.2) is 0 Å². The molecular weight excluding hydrogens is 262 g/mol. The van der Waals surface area contributed by atoms with Crippen molar-refractivity contribution in [2.75, 3.05) is 19.4 Å². The van der Waals surface area contributed by atoms with Crippen LogP contribution in [0.25, 0.3) is 0 Å². The second kappa shape index (κ2) is 5.61. The van der Waals surface area contributed by atoms with Gasteiger partial charge in [0.2, 0.25) is 10.0 Å². The van der Waals surface area contributed by atoms with Crippen molar-refractivity contribution in [2.45, 2.75) is 31.8 Å². The molecule has 0 heterocycles. The van der Waals surface area contributed by atoms with Crippen LogP contribution in [0.5, 0.6) is 0 Å². The molecule has 5 heteroatoms. The molecule has 1 aromatic carbocycles. The summed E-state index contributed by atoms with van der Waals surface area (Å²) in [7, 11) is -1.53. The molecule has 0 amide bonds. The van der Waals surface area contributed by atoms with Crippen molar-refractivity contribution in [3.8, 4) is 0 Å². The van der Waals surface area contributed by atoms with Gasteiger partial charge in [0.25, 0.3) is 0 Å². The van der Waals surface area contributed by atoms with E-state index in [-0.39, 0.29) is 5.75 Å². The first-order valence-corrected chi connectivity index (χ1v) is 8.25. The van der Waals surface area contributed by atoms with Gasteiger partial charge in [-0.15, -0.1) is 0 Å². The van der Waals surface area contributed by atoms with Gasteiger partial charge >= 0.3 is 0 Å². The van der Waals surface area contributed by atoms with Gasteiger partial charge in [-0.2, -0.15) is 0 Å². The number of nitrogens with one attached hydrogen (secondary N) is 1. The number of hydrogen-bond donors (Lipinski definition) is 1. The molecule has 0 bridgehead atoms. The van der Waals surface area contributed by atoms with E-state index in [1.165, 1.54) is 11.1 Å². The van der Waals surface area contributed by atoms with Gasteiger partial charge in [0.05, 0.1) is 11.4 Å². The zero-order valence-electron chi connectivity index (χ0n) is 11.5. The highest BCUT2D eigenvalue weighted by molar-refractivity contribution is 7.89. The Kier molecular flexibility index (Phi) is 4.28. The fourth-order valence-electron chi connectivity index (χ4n) is 2.58. The number of sulfonamides is 1. The summed E-state index contributed by atoms with van der Waals surface area (Å²) in [6.45, 7) is 2.19. The Morgan fingerprint density at radius 2 is 1.84 bits per heavy atom. The van der Waals surface area contributed by atoms with Crippen LogP contribution in [-0.4, -0.2) is 33.4 Å². The molecule has 0 aliphatic heterocycles. The van der Waals surface area contributed by atoms with Gasteiger partial charge in [0, 0.05) is 26.5 Å². The Hall–Kier alpha value is -0.910. The molecule has 1 N–H and O–H groups in total. The average molecular weight is 283 g/mol. The van der Waals surface area contributed by atoms with Gasteiger partial charge in [-0.25, -0.2) is 13.1 Å². The Labute approximate surface area is 115 Å². The summed E-state index contributed by atoms with van der Waals surface area (Å²) in [5.74, 6) is 0.166. The predicted molar refractivity (Wildman–Crippen MR) is 75.7 cm³/mol. The summed E-state index contributed by atoms with van der Waals surface area (Å²) < 4.78 is 31.8. The van der Waals surface area contributed by atoms with E-state index in [1.54, 1.807) is 7.11 Å². The van der Waals surface area contributed by atoms with E-state index in [4.69, 9.17) is 4.74 Å². The zero-order valence-corrected chi connectivity index (χ0v) is 12.3. The van der Waals surface area contributed by atoms with Crippen LogP contribution in [0.1, 0.15) is 24.5 Å². The summed E-state index contributed by atoms with van der Waals surface area (Å²) in [4.78, 5) is 0. The first kappa shape index (κ1) is 14.5. The van der Waals surface area contributed by atoms with E-state index in [2.05, 4.69) is 16.9 Å². The minimum Gasteiger partial charge on any atom is -0.376 e. The maximum Gasteiger partial charge on any atom is 0.211 e. The van der Waals surface area contributed by atoms with Crippen LogP contribution in [0.4, 0.5) is 0 Å². The first-order valence-electron chi connectivity index (χ1n) is 6.59.